The second-order valence-electron chi connectivity index (χ2n) is 8.76. The number of H-pyrrole nitrogens is 1. The Morgan fingerprint density at radius 1 is 1.12 bits per heavy atom. The van der Waals surface area contributed by atoms with Crippen LogP contribution in [0.4, 0.5) is 10.1 Å². The fourth-order valence-corrected chi connectivity index (χ4v) is 5.07. The minimum absolute atomic E-state index is 0.0243. The van der Waals surface area contributed by atoms with Crippen LogP contribution in [0.1, 0.15) is 12.0 Å². The van der Waals surface area contributed by atoms with E-state index in [-0.39, 0.29) is 30.0 Å². The van der Waals surface area contributed by atoms with Crippen LogP contribution in [0, 0.1) is 11.7 Å². The molecule has 2 fully saturated rings. The van der Waals surface area contributed by atoms with E-state index in [2.05, 4.69) is 4.98 Å². The smallest absolute Gasteiger partial charge is 0.228 e. The first kappa shape index (κ1) is 21.8. The molecule has 3 aromatic rings. The number of aromatic amines is 1. The number of benzene rings is 2. The molecule has 0 saturated carbocycles. The lowest BCUT2D eigenvalue weighted by Gasteiger charge is -2.37. The number of nitrogens with one attached hydrogen (secondary N) is 1. The number of carbonyl (C=O) groups is 2. The van der Waals surface area contributed by atoms with Crippen LogP contribution in [0.15, 0.2) is 48.7 Å². The van der Waals surface area contributed by atoms with Crippen molar-refractivity contribution in [3.05, 3.63) is 65.1 Å². The summed E-state index contributed by atoms with van der Waals surface area (Å²) in [6, 6.07) is 12.4. The molecule has 1 atom stereocenters. The van der Waals surface area contributed by atoms with Gasteiger partial charge in [-0.2, -0.15) is 0 Å². The second kappa shape index (κ2) is 9.06. The minimum atomic E-state index is -0.310. The van der Waals surface area contributed by atoms with Gasteiger partial charge in [-0.15, -0.1) is 0 Å². The standard InChI is InChI=1S/C25H26ClFN4O2/c26-19-5-6-22-20(14-19)17(15-28-22)7-8-31-16-18(13-24(31)32)25(33)30-11-9-29(10-12-30)23-4-2-1-3-21(23)27/h1-6,14-15,18,28H,7-13,16H2. The van der Waals surface area contributed by atoms with Gasteiger partial charge in [-0.1, -0.05) is 23.7 Å². The highest BCUT2D eigenvalue weighted by Gasteiger charge is 2.37. The fraction of sp³-hybridized carbons (Fsp3) is 0.360. The maximum atomic E-state index is 14.1. The molecular formula is C25H26ClFN4O2. The van der Waals surface area contributed by atoms with Crippen molar-refractivity contribution < 1.29 is 14.0 Å². The molecule has 1 aromatic heterocycles. The molecule has 2 saturated heterocycles. The third-order valence-corrected chi connectivity index (χ3v) is 6.96. The third-order valence-electron chi connectivity index (χ3n) is 6.73. The minimum Gasteiger partial charge on any atom is -0.366 e. The van der Waals surface area contributed by atoms with E-state index in [1.165, 1.54) is 6.07 Å². The average molecular weight is 469 g/mol. The molecule has 2 amide bonds. The summed E-state index contributed by atoms with van der Waals surface area (Å²) >= 11 is 6.14. The third kappa shape index (κ3) is 4.42. The average Bonchev–Trinajstić information content (AvgIpc) is 3.40. The quantitative estimate of drug-likeness (QED) is 0.621. The molecule has 1 unspecified atom stereocenters. The van der Waals surface area contributed by atoms with E-state index in [0.717, 1.165) is 16.5 Å². The van der Waals surface area contributed by atoms with Gasteiger partial charge in [0.2, 0.25) is 11.8 Å². The van der Waals surface area contributed by atoms with Crippen molar-refractivity contribution in [2.75, 3.05) is 44.2 Å². The maximum Gasteiger partial charge on any atom is 0.228 e. The number of fused-ring (bicyclic) bond motifs is 1. The van der Waals surface area contributed by atoms with Gasteiger partial charge in [-0.05, 0) is 42.3 Å². The van der Waals surface area contributed by atoms with Crippen LogP contribution in [0.25, 0.3) is 10.9 Å². The van der Waals surface area contributed by atoms with Crippen molar-refractivity contribution in [1.82, 2.24) is 14.8 Å². The van der Waals surface area contributed by atoms with Crippen LogP contribution in [0.3, 0.4) is 0 Å². The first-order valence-electron chi connectivity index (χ1n) is 11.3. The van der Waals surface area contributed by atoms with Gasteiger partial charge >= 0.3 is 0 Å². The van der Waals surface area contributed by atoms with Crippen molar-refractivity contribution in [2.45, 2.75) is 12.8 Å². The Balaban J connectivity index is 1.16. The van der Waals surface area contributed by atoms with Gasteiger partial charge < -0.3 is 19.7 Å². The van der Waals surface area contributed by atoms with Crippen molar-refractivity contribution >= 4 is 40.0 Å². The fourth-order valence-electron chi connectivity index (χ4n) is 4.90. The summed E-state index contributed by atoms with van der Waals surface area (Å²) in [5.74, 6) is -0.504. The molecule has 172 valence electrons. The van der Waals surface area contributed by atoms with Crippen LogP contribution < -0.4 is 4.90 Å². The Kier molecular flexibility index (Phi) is 5.98. The topological polar surface area (TPSA) is 59.7 Å². The van der Waals surface area contributed by atoms with Crippen molar-refractivity contribution in [3.8, 4) is 0 Å². The highest BCUT2D eigenvalue weighted by molar-refractivity contribution is 6.31. The molecule has 8 heteroatoms. The maximum absolute atomic E-state index is 14.1. The van der Waals surface area contributed by atoms with Gasteiger partial charge in [-0.25, -0.2) is 4.39 Å². The van der Waals surface area contributed by atoms with E-state index in [1.54, 1.807) is 17.0 Å². The van der Waals surface area contributed by atoms with Gasteiger partial charge in [0, 0.05) is 67.8 Å². The Labute approximate surface area is 196 Å². The summed E-state index contributed by atoms with van der Waals surface area (Å²) in [4.78, 5) is 34.5. The molecule has 3 heterocycles. The number of para-hydroxylation sites is 1. The predicted octanol–water partition coefficient (Wildman–Crippen LogP) is 3.70. The van der Waals surface area contributed by atoms with E-state index in [9.17, 15) is 14.0 Å². The van der Waals surface area contributed by atoms with E-state index < -0.39 is 0 Å². The summed E-state index contributed by atoms with van der Waals surface area (Å²) in [5, 5.41) is 1.75. The summed E-state index contributed by atoms with van der Waals surface area (Å²) in [6.07, 6.45) is 2.92. The van der Waals surface area contributed by atoms with E-state index in [4.69, 9.17) is 11.6 Å². The monoisotopic (exact) mass is 468 g/mol. The van der Waals surface area contributed by atoms with Gasteiger partial charge in [0.05, 0.1) is 11.6 Å². The number of carbonyl (C=O) groups excluding carboxylic acids is 2. The molecular weight excluding hydrogens is 443 g/mol. The molecule has 2 aromatic carbocycles. The SMILES string of the molecule is O=C1CC(C(=O)N2CCN(c3ccccc3F)CC2)CN1CCc1c[nH]c2ccc(Cl)cc12. The van der Waals surface area contributed by atoms with E-state index in [0.29, 0.717) is 56.4 Å². The Hall–Kier alpha value is -3.06. The lowest BCUT2D eigenvalue weighted by molar-refractivity contribution is -0.136. The van der Waals surface area contributed by atoms with Gasteiger partial charge in [0.1, 0.15) is 5.82 Å². The number of anilines is 1. The Morgan fingerprint density at radius 2 is 1.91 bits per heavy atom. The first-order valence-corrected chi connectivity index (χ1v) is 11.7. The molecule has 2 aliphatic rings. The van der Waals surface area contributed by atoms with Crippen LogP contribution in [-0.4, -0.2) is 65.9 Å². The van der Waals surface area contributed by atoms with E-state index in [1.807, 2.05) is 40.3 Å². The van der Waals surface area contributed by atoms with Crippen molar-refractivity contribution in [3.63, 3.8) is 0 Å². The number of halogens is 2. The zero-order valence-corrected chi connectivity index (χ0v) is 19.0. The number of rotatable bonds is 5. The zero-order chi connectivity index (χ0) is 22.9. The van der Waals surface area contributed by atoms with Gasteiger partial charge in [-0.3, -0.25) is 9.59 Å². The summed E-state index contributed by atoms with van der Waals surface area (Å²) in [6.45, 7) is 3.26. The van der Waals surface area contributed by atoms with Crippen LogP contribution in [-0.2, 0) is 16.0 Å². The lowest BCUT2D eigenvalue weighted by Crippen LogP contribution is -2.51. The Bertz CT molecular complexity index is 1190. The number of nitrogens with zero attached hydrogens (tertiary/aromatic N) is 3. The number of hydrogen-bond donors (Lipinski definition) is 1. The molecule has 0 bridgehead atoms. The van der Waals surface area contributed by atoms with Gasteiger partial charge in [0.25, 0.3) is 0 Å². The molecule has 0 aliphatic carbocycles. The van der Waals surface area contributed by atoms with Crippen LogP contribution in [0.2, 0.25) is 5.02 Å². The highest BCUT2D eigenvalue weighted by Crippen LogP contribution is 2.26. The van der Waals surface area contributed by atoms with E-state index >= 15 is 0 Å². The normalized spacial score (nSPS) is 19.0. The molecule has 0 spiro atoms. The number of aromatic nitrogens is 1. The summed E-state index contributed by atoms with van der Waals surface area (Å²) < 4.78 is 14.1. The second-order valence-corrected chi connectivity index (χ2v) is 9.19. The zero-order valence-electron chi connectivity index (χ0n) is 18.3. The number of likely N-dealkylation sites (tertiary alicyclic amines) is 1. The number of piperazine rings is 1. The Morgan fingerprint density at radius 3 is 2.70 bits per heavy atom. The number of amides is 2. The lowest BCUT2D eigenvalue weighted by atomic mass is 10.1. The predicted molar refractivity (Wildman–Crippen MR) is 127 cm³/mol. The van der Waals surface area contributed by atoms with Gasteiger partial charge in [0.15, 0.2) is 0 Å². The molecule has 0 radical (unpaired) electrons. The molecule has 1 N–H and O–H groups in total. The largest absolute Gasteiger partial charge is 0.366 e. The highest BCUT2D eigenvalue weighted by atomic mass is 35.5. The molecule has 33 heavy (non-hydrogen) atoms. The molecule has 5 rings (SSSR count). The molecule has 6 nitrogen and oxygen atoms in total. The molecule has 2 aliphatic heterocycles. The summed E-state index contributed by atoms with van der Waals surface area (Å²) in [5.41, 5.74) is 2.70. The van der Waals surface area contributed by atoms with Crippen LogP contribution in [0.5, 0.6) is 0 Å². The van der Waals surface area contributed by atoms with Crippen molar-refractivity contribution in [2.24, 2.45) is 5.92 Å². The van der Waals surface area contributed by atoms with Crippen LogP contribution >= 0.6 is 11.6 Å². The van der Waals surface area contributed by atoms with Crippen molar-refractivity contribution in [1.29, 1.82) is 0 Å². The first-order chi connectivity index (χ1) is 16.0. The number of hydrogen-bond acceptors (Lipinski definition) is 3. The summed E-state index contributed by atoms with van der Waals surface area (Å²) in [7, 11) is 0.